The number of likely N-dealkylation sites (N-methyl/N-ethyl adjacent to an activating group) is 2. The number of fused-ring (bicyclic) bond motifs is 1. The van der Waals surface area contributed by atoms with Gasteiger partial charge in [0.05, 0.1) is 5.69 Å². The largest absolute Gasteiger partial charge is 0.418 e. The molecule has 2 aromatic carbocycles. The summed E-state index contributed by atoms with van der Waals surface area (Å²) in [5.41, 5.74) is 1.23. The number of hydrogen-bond acceptors (Lipinski definition) is 8. The minimum absolute atomic E-state index is 0.0360. The number of aromatic nitrogens is 2. The first kappa shape index (κ1) is 31.4. The monoisotopic (exact) mass is 648 g/mol. The molecule has 0 radical (unpaired) electrons. The number of carbonyl (C=O) groups excluding carboxylic acids is 2. The molecule has 6 rings (SSSR count). The van der Waals surface area contributed by atoms with Crippen molar-refractivity contribution in [1.82, 2.24) is 19.4 Å². The molecule has 1 aliphatic heterocycles. The highest BCUT2D eigenvalue weighted by Crippen LogP contribution is 2.35. The van der Waals surface area contributed by atoms with Gasteiger partial charge < -0.3 is 19.5 Å². The van der Waals surface area contributed by atoms with Crippen LogP contribution in [0.4, 0.5) is 30.8 Å². The molecule has 10 nitrogen and oxygen atoms in total. The Morgan fingerprint density at radius 2 is 1.83 bits per heavy atom. The Hall–Kier alpha value is -4.62. The van der Waals surface area contributed by atoms with Crippen molar-refractivity contribution in [1.29, 1.82) is 0 Å². The highest BCUT2D eigenvalue weighted by Gasteiger charge is 2.33. The van der Waals surface area contributed by atoms with E-state index in [1.165, 1.54) is 35.2 Å². The van der Waals surface area contributed by atoms with E-state index in [1.807, 2.05) is 35.9 Å². The lowest BCUT2D eigenvalue weighted by atomic mass is 10.00. The number of rotatable bonds is 7. The fourth-order valence-electron chi connectivity index (χ4n) is 5.89. The maximum Gasteiger partial charge on any atom is 0.418 e. The smallest absolute Gasteiger partial charge is 0.399 e. The Morgan fingerprint density at radius 3 is 2.57 bits per heavy atom. The third-order valence-electron chi connectivity index (χ3n) is 8.41. The van der Waals surface area contributed by atoms with E-state index >= 15 is 4.39 Å². The highest BCUT2D eigenvalue weighted by molar-refractivity contribution is 7.14. The van der Waals surface area contributed by atoms with Crippen molar-refractivity contribution in [3.8, 4) is 16.3 Å². The molecule has 4 aromatic rings. The minimum atomic E-state index is -1.06. The van der Waals surface area contributed by atoms with E-state index < -0.39 is 35.0 Å². The van der Waals surface area contributed by atoms with Crippen molar-refractivity contribution >= 4 is 40.5 Å². The molecule has 46 heavy (non-hydrogen) atoms. The second-order valence-corrected chi connectivity index (χ2v) is 12.6. The average molecular weight is 649 g/mol. The van der Waals surface area contributed by atoms with Gasteiger partial charge in [-0.2, -0.15) is 0 Å². The Balaban J connectivity index is 1.22. The van der Waals surface area contributed by atoms with Gasteiger partial charge in [0, 0.05) is 49.0 Å². The Kier molecular flexibility index (Phi) is 8.87. The second-order valence-electron chi connectivity index (χ2n) is 11.5. The van der Waals surface area contributed by atoms with Crippen LogP contribution in [0.25, 0.3) is 11.3 Å². The van der Waals surface area contributed by atoms with Crippen LogP contribution in [0.5, 0.6) is 5.06 Å². The molecule has 1 aliphatic carbocycles. The van der Waals surface area contributed by atoms with Crippen molar-refractivity contribution in [2.45, 2.75) is 38.6 Å². The molecule has 3 heterocycles. The molecular weight excluding hydrogens is 614 g/mol. The molecule has 1 atom stereocenters. The number of piperazine rings is 1. The summed E-state index contributed by atoms with van der Waals surface area (Å²) in [6.45, 7) is 4.03. The fourth-order valence-corrected chi connectivity index (χ4v) is 6.99. The molecule has 1 saturated heterocycles. The van der Waals surface area contributed by atoms with Gasteiger partial charge in [-0.3, -0.25) is 19.8 Å². The van der Waals surface area contributed by atoms with Gasteiger partial charge in [-0.15, -0.1) is 11.3 Å². The molecule has 0 saturated carbocycles. The zero-order chi connectivity index (χ0) is 32.5. The molecule has 0 spiro atoms. The van der Waals surface area contributed by atoms with E-state index in [1.54, 1.807) is 18.2 Å². The standard InChI is InChI=1S/C33H34F2N6O4S/c1-4-41-16-15-39(2)29(31(41)42)19-9-11-21(12-10-19)36-30-32(43)40(3)18-24(37-30)22-13-14-23(34)28(27(22)35)38-33(44)45-26-17-20-7-5-6-8-25(20)46-26/h9-14,17-18,29H,4-8,15-16H2,1-3H3,(H,36,37)(H,38,44). The molecule has 13 heteroatoms. The number of amides is 2. The fraction of sp³-hybridized carbons (Fsp3) is 0.333. The number of ether oxygens (including phenoxy) is 1. The lowest BCUT2D eigenvalue weighted by Crippen LogP contribution is -2.50. The predicted octanol–water partition coefficient (Wildman–Crippen LogP) is 5.86. The number of hydrogen-bond donors (Lipinski definition) is 2. The normalized spacial score (nSPS) is 16.7. The lowest BCUT2D eigenvalue weighted by Gasteiger charge is -2.38. The first-order valence-electron chi connectivity index (χ1n) is 15.2. The van der Waals surface area contributed by atoms with Gasteiger partial charge in [0.1, 0.15) is 17.5 Å². The van der Waals surface area contributed by atoms with Crippen molar-refractivity contribution in [2.75, 3.05) is 37.3 Å². The van der Waals surface area contributed by atoms with E-state index in [2.05, 4.69) is 15.6 Å². The molecule has 0 bridgehead atoms. The maximum absolute atomic E-state index is 15.7. The van der Waals surface area contributed by atoms with Crippen LogP contribution in [0.3, 0.4) is 0 Å². The van der Waals surface area contributed by atoms with E-state index in [0.717, 1.165) is 54.3 Å². The van der Waals surface area contributed by atoms with Crippen LogP contribution in [0.2, 0.25) is 0 Å². The second kappa shape index (κ2) is 13.0. The first-order valence-corrected chi connectivity index (χ1v) is 16.0. The molecule has 2 aromatic heterocycles. The predicted molar refractivity (Wildman–Crippen MR) is 173 cm³/mol. The number of anilines is 3. The van der Waals surface area contributed by atoms with Gasteiger partial charge in [0.25, 0.3) is 5.56 Å². The van der Waals surface area contributed by atoms with Crippen LogP contribution in [-0.4, -0.2) is 58.0 Å². The van der Waals surface area contributed by atoms with Crippen molar-refractivity contribution < 1.29 is 23.1 Å². The Labute approximate surface area is 268 Å². The molecular formula is C33H34F2N6O4S. The molecule has 240 valence electrons. The summed E-state index contributed by atoms with van der Waals surface area (Å²) < 4.78 is 37.1. The van der Waals surface area contributed by atoms with Crippen molar-refractivity contribution in [3.05, 3.63) is 86.7 Å². The molecule has 2 amide bonds. The zero-order valence-corrected chi connectivity index (χ0v) is 26.5. The van der Waals surface area contributed by atoms with E-state index in [-0.39, 0.29) is 23.0 Å². The van der Waals surface area contributed by atoms with E-state index in [0.29, 0.717) is 23.8 Å². The first-order chi connectivity index (χ1) is 22.1. The van der Waals surface area contributed by atoms with Crippen LogP contribution >= 0.6 is 11.3 Å². The van der Waals surface area contributed by atoms with Crippen LogP contribution in [0, 0.1) is 11.6 Å². The third-order valence-corrected chi connectivity index (χ3v) is 9.53. The van der Waals surface area contributed by atoms with Crippen LogP contribution in [0.15, 0.2) is 53.5 Å². The minimum Gasteiger partial charge on any atom is -0.399 e. The summed E-state index contributed by atoms with van der Waals surface area (Å²) in [5.74, 6) is -2.11. The van der Waals surface area contributed by atoms with Gasteiger partial charge >= 0.3 is 6.09 Å². The van der Waals surface area contributed by atoms with Gasteiger partial charge in [-0.1, -0.05) is 12.1 Å². The number of benzene rings is 2. The Morgan fingerprint density at radius 1 is 1.07 bits per heavy atom. The number of nitrogens with zero attached hydrogens (tertiary/aromatic N) is 4. The van der Waals surface area contributed by atoms with Crippen LogP contribution in [-0.2, 0) is 24.7 Å². The molecule has 1 unspecified atom stereocenters. The lowest BCUT2D eigenvalue weighted by molar-refractivity contribution is -0.140. The summed E-state index contributed by atoms with van der Waals surface area (Å²) >= 11 is 1.36. The molecule has 2 N–H and O–H groups in total. The van der Waals surface area contributed by atoms with E-state index in [9.17, 15) is 18.8 Å². The zero-order valence-electron chi connectivity index (χ0n) is 25.7. The summed E-state index contributed by atoms with van der Waals surface area (Å²) in [6.07, 6.45) is 4.28. The van der Waals surface area contributed by atoms with Crippen LogP contribution < -0.4 is 20.9 Å². The molecule has 1 fully saturated rings. The average Bonchev–Trinajstić information content (AvgIpc) is 3.44. The summed E-state index contributed by atoms with van der Waals surface area (Å²) in [7, 11) is 3.40. The van der Waals surface area contributed by atoms with Crippen molar-refractivity contribution in [2.24, 2.45) is 7.05 Å². The Bertz CT molecular complexity index is 1830. The van der Waals surface area contributed by atoms with Gasteiger partial charge in [0.2, 0.25) is 5.91 Å². The number of thiophene rings is 1. The number of carbonyl (C=O) groups is 2. The SMILES string of the molecule is CCN1CCN(C)C(c2ccc(Nc3nc(-c4ccc(F)c(NC(=O)Oc5cc6c(s5)CCCC6)c4F)cn(C)c3=O)cc2)C1=O. The van der Waals surface area contributed by atoms with Gasteiger partial charge in [-0.05, 0) is 81.1 Å². The maximum atomic E-state index is 15.7. The van der Waals surface area contributed by atoms with E-state index in [4.69, 9.17) is 4.74 Å². The van der Waals surface area contributed by atoms with Gasteiger partial charge in [0.15, 0.2) is 16.7 Å². The van der Waals surface area contributed by atoms with Crippen molar-refractivity contribution in [3.63, 3.8) is 0 Å². The number of nitrogens with one attached hydrogen (secondary N) is 2. The summed E-state index contributed by atoms with van der Waals surface area (Å²) in [4.78, 5) is 47.9. The third kappa shape index (κ3) is 6.24. The number of aryl methyl sites for hydroxylation is 3. The highest BCUT2D eigenvalue weighted by atomic mass is 32.1. The quantitative estimate of drug-likeness (QED) is 0.259. The molecule has 2 aliphatic rings. The van der Waals surface area contributed by atoms with Gasteiger partial charge in [-0.25, -0.2) is 18.6 Å². The number of halogens is 2. The van der Waals surface area contributed by atoms with Crippen LogP contribution in [0.1, 0.15) is 41.8 Å². The topological polar surface area (TPSA) is 109 Å². The summed E-state index contributed by atoms with van der Waals surface area (Å²) in [6, 6.07) is 10.7. The summed E-state index contributed by atoms with van der Waals surface area (Å²) in [5, 5.41) is 5.54.